The minimum Gasteiger partial charge on any atom is -0.291 e. The molecule has 0 saturated heterocycles. The highest BCUT2D eigenvalue weighted by Gasteiger charge is 1.94. The highest BCUT2D eigenvalue weighted by molar-refractivity contribution is 5.78. The summed E-state index contributed by atoms with van der Waals surface area (Å²) in [5.74, 6) is 0.328. The molecule has 0 fully saturated rings. The van der Waals surface area contributed by atoms with Gasteiger partial charge in [-0.25, -0.2) is 10.4 Å². The first-order chi connectivity index (χ1) is 9.24. The molecule has 0 aliphatic heterocycles. The van der Waals surface area contributed by atoms with Crippen LogP contribution in [0, 0.1) is 6.92 Å². The van der Waals surface area contributed by atoms with Gasteiger partial charge in [0.05, 0.1) is 0 Å². The molecule has 0 unspecified atom stereocenters. The van der Waals surface area contributed by atoms with E-state index in [1.165, 1.54) is 6.07 Å². The highest BCUT2D eigenvalue weighted by Crippen LogP contribution is 2.00. The van der Waals surface area contributed by atoms with Gasteiger partial charge in [0.1, 0.15) is 0 Å². The number of hydrogen-bond donors (Lipinski definition) is 2. The standard InChI is InChI=1S/C14H14N4O/c1-11-10-13(19)17-14(16-11)18-15-9-5-8-12-6-3-2-4-7-12/h2-10H,1H3,(H2,16,17,18,19)/b8-5+,15-9?. The van der Waals surface area contributed by atoms with Crippen LogP contribution < -0.4 is 11.0 Å². The molecular formula is C14H14N4O. The predicted molar refractivity (Wildman–Crippen MR) is 77.2 cm³/mol. The van der Waals surface area contributed by atoms with Gasteiger partial charge in [0.15, 0.2) is 0 Å². The quantitative estimate of drug-likeness (QED) is 0.649. The van der Waals surface area contributed by atoms with Crippen LogP contribution in [-0.2, 0) is 0 Å². The normalized spacial score (nSPS) is 11.2. The van der Waals surface area contributed by atoms with Crippen LogP contribution in [0.4, 0.5) is 5.95 Å². The third-order valence-corrected chi connectivity index (χ3v) is 2.29. The molecule has 0 atom stereocenters. The molecule has 2 N–H and O–H groups in total. The second-order valence-electron chi connectivity index (χ2n) is 3.90. The van der Waals surface area contributed by atoms with E-state index in [-0.39, 0.29) is 5.56 Å². The molecule has 2 aromatic rings. The molecular weight excluding hydrogens is 240 g/mol. The number of aromatic nitrogens is 2. The van der Waals surface area contributed by atoms with E-state index in [1.807, 2.05) is 36.4 Å². The van der Waals surface area contributed by atoms with Crippen molar-refractivity contribution in [2.45, 2.75) is 6.92 Å². The molecule has 0 radical (unpaired) electrons. The second-order valence-corrected chi connectivity index (χ2v) is 3.90. The first kappa shape index (κ1) is 12.8. The lowest BCUT2D eigenvalue weighted by molar-refractivity contribution is 1.04. The van der Waals surface area contributed by atoms with E-state index in [2.05, 4.69) is 20.5 Å². The SMILES string of the molecule is Cc1cc(=O)[nH]c(NN=C/C=C/c2ccccc2)n1. The van der Waals surface area contributed by atoms with Gasteiger partial charge >= 0.3 is 0 Å². The lowest BCUT2D eigenvalue weighted by Gasteiger charge is -1.98. The molecule has 96 valence electrons. The average molecular weight is 254 g/mol. The van der Waals surface area contributed by atoms with Gasteiger partial charge in [0.25, 0.3) is 5.56 Å². The summed E-state index contributed by atoms with van der Waals surface area (Å²) in [5, 5.41) is 3.94. The van der Waals surface area contributed by atoms with Crippen molar-refractivity contribution >= 4 is 18.2 Å². The van der Waals surface area contributed by atoms with Crippen molar-refractivity contribution in [3.63, 3.8) is 0 Å². The first-order valence-electron chi connectivity index (χ1n) is 5.83. The summed E-state index contributed by atoms with van der Waals surface area (Å²) in [6.07, 6.45) is 5.32. The molecule has 0 aliphatic carbocycles. The van der Waals surface area contributed by atoms with Crippen LogP contribution in [0.1, 0.15) is 11.3 Å². The molecule has 2 rings (SSSR count). The van der Waals surface area contributed by atoms with E-state index >= 15 is 0 Å². The van der Waals surface area contributed by atoms with E-state index in [4.69, 9.17) is 0 Å². The van der Waals surface area contributed by atoms with Crippen LogP contribution in [0.25, 0.3) is 6.08 Å². The molecule has 1 heterocycles. The van der Waals surface area contributed by atoms with Crippen LogP contribution in [0.5, 0.6) is 0 Å². The number of aryl methyl sites for hydroxylation is 1. The third-order valence-electron chi connectivity index (χ3n) is 2.29. The molecule has 1 aromatic heterocycles. The van der Waals surface area contributed by atoms with Gasteiger partial charge in [0, 0.05) is 18.0 Å². The summed E-state index contributed by atoms with van der Waals surface area (Å²) < 4.78 is 0. The number of hydrazone groups is 1. The fraction of sp³-hybridized carbons (Fsp3) is 0.0714. The summed E-state index contributed by atoms with van der Waals surface area (Å²) in [6.45, 7) is 1.75. The summed E-state index contributed by atoms with van der Waals surface area (Å²) in [4.78, 5) is 17.8. The van der Waals surface area contributed by atoms with Crippen molar-refractivity contribution in [2.75, 3.05) is 5.43 Å². The van der Waals surface area contributed by atoms with Crippen molar-refractivity contribution in [3.8, 4) is 0 Å². The Kier molecular flexibility index (Phi) is 4.23. The Morgan fingerprint density at radius 3 is 2.84 bits per heavy atom. The van der Waals surface area contributed by atoms with Crippen LogP contribution in [-0.4, -0.2) is 16.2 Å². The molecule has 5 heteroatoms. The largest absolute Gasteiger partial charge is 0.291 e. The lowest BCUT2D eigenvalue weighted by Crippen LogP contribution is -2.10. The first-order valence-corrected chi connectivity index (χ1v) is 5.83. The topological polar surface area (TPSA) is 70.1 Å². The van der Waals surface area contributed by atoms with Crippen molar-refractivity contribution in [3.05, 3.63) is 64.1 Å². The zero-order valence-corrected chi connectivity index (χ0v) is 10.5. The molecule has 1 aromatic carbocycles. The van der Waals surface area contributed by atoms with E-state index < -0.39 is 0 Å². The predicted octanol–water partition coefficient (Wildman–Crippen LogP) is 2.19. The van der Waals surface area contributed by atoms with E-state index in [0.717, 1.165) is 5.56 Å². The van der Waals surface area contributed by atoms with Gasteiger partial charge in [0.2, 0.25) is 5.95 Å². The van der Waals surface area contributed by atoms with Gasteiger partial charge < -0.3 is 0 Å². The minimum absolute atomic E-state index is 0.204. The summed E-state index contributed by atoms with van der Waals surface area (Å²) in [6, 6.07) is 11.3. The number of H-pyrrole nitrogens is 1. The van der Waals surface area contributed by atoms with Crippen molar-refractivity contribution in [1.29, 1.82) is 0 Å². The number of anilines is 1. The molecule has 0 spiro atoms. The van der Waals surface area contributed by atoms with Crippen molar-refractivity contribution < 1.29 is 0 Å². The Bertz CT molecular complexity index is 644. The molecule has 0 bridgehead atoms. The number of allylic oxidation sites excluding steroid dienone is 1. The van der Waals surface area contributed by atoms with E-state index in [9.17, 15) is 4.79 Å². The number of aromatic amines is 1. The van der Waals surface area contributed by atoms with Gasteiger partial charge in [-0.15, -0.1) is 0 Å². The number of nitrogens with one attached hydrogen (secondary N) is 2. The summed E-state index contributed by atoms with van der Waals surface area (Å²) in [7, 11) is 0. The van der Waals surface area contributed by atoms with Gasteiger partial charge in [-0.1, -0.05) is 36.4 Å². The van der Waals surface area contributed by atoms with Crippen LogP contribution in [0.3, 0.4) is 0 Å². The van der Waals surface area contributed by atoms with Crippen LogP contribution >= 0.6 is 0 Å². The average Bonchev–Trinajstić information content (AvgIpc) is 2.38. The number of hydrogen-bond acceptors (Lipinski definition) is 4. The Hall–Kier alpha value is -2.69. The van der Waals surface area contributed by atoms with Gasteiger partial charge in [-0.05, 0) is 18.6 Å². The second kappa shape index (κ2) is 6.30. The van der Waals surface area contributed by atoms with Crippen LogP contribution in [0.2, 0.25) is 0 Å². The fourth-order valence-electron chi connectivity index (χ4n) is 1.49. The van der Waals surface area contributed by atoms with E-state index in [0.29, 0.717) is 11.6 Å². The monoisotopic (exact) mass is 254 g/mol. The smallest absolute Gasteiger partial charge is 0.252 e. The summed E-state index contributed by atoms with van der Waals surface area (Å²) >= 11 is 0. The Labute approximate surface area is 110 Å². The van der Waals surface area contributed by atoms with Gasteiger partial charge in [-0.3, -0.25) is 9.78 Å². The Balaban J connectivity index is 1.93. The zero-order chi connectivity index (χ0) is 13.5. The molecule has 0 amide bonds. The number of nitrogens with zero attached hydrogens (tertiary/aromatic N) is 2. The number of benzene rings is 1. The molecule has 0 saturated carbocycles. The van der Waals surface area contributed by atoms with Crippen LogP contribution in [0.15, 0.2) is 52.4 Å². The third kappa shape index (κ3) is 4.23. The maximum absolute atomic E-state index is 11.2. The maximum Gasteiger partial charge on any atom is 0.252 e. The maximum atomic E-state index is 11.2. The highest BCUT2D eigenvalue weighted by atomic mass is 16.1. The Morgan fingerprint density at radius 1 is 1.32 bits per heavy atom. The zero-order valence-electron chi connectivity index (χ0n) is 10.5. The van der Waals surface area contributed by atoms with Crippen molar-refractivity contribution in [2.24, 2.45) is 5.10 Å². The Morgan fingerprint density at radius 2 is 2.11 bits per heavy atom. The van der Waals surface area contributed by atoms with Gasteiger partial charge in [-0.2, -0.15) is 5.10 Å². The minimum atomic E-state index is -0.204. The fourth-order valence-corrected chi connectivity index (χ4v) is 1.49. The molecule has 19 heavy (non-hydrogen) atoms. The van der Waals surface area contributed by atoms with Crippen molar-refractivity contribution in [1.82, 2.24) is 9.97 Å². The lowest BCUT2D eigenvalue weighted by atomic mass is 10.2. The molecule has 5 nitrogen and oxygen atoms in total. The summed E-state index contributed by atoms with van der Waals surface area (Å²) in [5.41, 5.74) is 4.19. The van der Waals surface area contributed by atoms with E-state index in [1.54, 1.807) is 19.2 Å². The molecule has 0 aliphatic rings. The number of rotatable bonds is 4.